The van der Waals surface area contributed by atoms with E-state index in [4.69, 9.17) is 16.3 Å². The van der Waals surface area contributed by atoms with Crippen molar-refractivity contribution in [3.8, 4) is 6.01 Å². The predicted octanol–water partition coefficient (Wildman–Crippen LogP) is 6.47. The van der Waals surface area contributed by atoms with Crippen molar-refractivity contribution in [1.82, 2.24) is 15.0 Å². The summed E-state index contributed by atoms with van der Waals surface area (Å²) in [4.78, 5) is 22.8. The van der Waals surface area contributed by atoms with Gasteiger partial charge in [-0.15, -0.1) is 0 Å². The molecule has 1 aromatic heterocycles. The van der Waals surface area contributed by atoms with Crippen LogP contribution in [0.15, 0.2) is 18.5 Å². The Bertz CT molecular complexity index is 538. The number of hydrogen-bond donors (Lipinski definition) is 0. The summed E-state index contributed by atoms with van der Waals surface area (Å²) in [6.45, 7) is 2.26. The van der Waals surface area contributed by atoms with Gasteiger partial charge in [0.1, 0.15) is 6.33 Å². The molecule has 0 aliphatic carbocycles. The Labute approximate surface area is 169 Å². The molecule has 0 radical (unpaired) electrons. The molecule has 0 aliphatic heterocycles. The highest BCUT2D eigenvalue weighted by atomic mass is 35.5. The number of ether oxygens (including phenoxy) is 1. The lowest BCUT2D eigenvalue weighted by molar-refractivity contribution is -0.135. The van der Waals surface area contributed by atoms with Crippen LogP contribution in [0.1, 0.15) is 96.8 Å². The number of esters is 1. The van der Waals surface area contributed by atoms with Crippen molar-refractivity contribution in [3.05, 3.63) is 23.8 Å². The van der Waals surface area contributed by atoms with Crippen LogP contribution in [0.3, 0.4) is 0 Å². The molecular weight excluding hydrogens is 362 g/mol. The number of hydrogen-bond acceptors (Lipinski definition) is 5. The Morgan fingerprint density at radius 3 is 2.15 bits per heavy atom. The summed E-state index contributed by atoms with van der Waals surface area (Å²) in [7, 11) is 0. The fraction of sp³-hybridized carbons (Fsp3) is 0.714. The van der Waals surface area contributed by atoms with Crippen molar-refractivity contribution in [2.75, 3.05) is 0 Å². The average molecular weight is 396 g/mol. The minimum atomic E-state index is -0.324. The molecule has 0 spiro atoms. The second-order valence-electron chi connectivity index (χ2n) is 6.85. The number of aromatic nitrogens is 3. The number of halogens is 1. The van der Waals surface area contributed by atoms with Gasteiger partial charge in [0.25, 0.3) is 0 Å². The highest BCUT2D eigenvalue weighted by Gasteiger charge is 2.07. The van der Waals surface area contributed by atoms with E-state index in [1.54, 1.807) is 0 Å². The number of nitrogens with zero attached hydrogens (tertiary/aromatic N) is 3. The Hall–Kier alpha value is -1.49. The standard InChI is InChI=1S/C21H34ClN3O2/c1-2-3-4-5-6-7-8-9-10-11-12-13-14-15-16-17-19(26)27-21-24-18-23-20(22)25-21/h9-10,18H,2-8,11-17H2,1H3/b10-9-. The summed E-state index contributed by atoms with van der Waals surface area (Å²) < 4.78 is 5.02. The molecule has 0 amide bonds. The molecule has 0 aromatic carbocycles. The minimum Gasteiger partial charge on any atom is -0.391 e. The lowest BCUT2D eigenvalue weighted by Gasteiger charge is -2.02. The summed E-state index contributed by atoms with van der Waals surface area (Å²) in [6, 6.07) is -0.0345. The topological polar surface area (TPSA) is 65.0 Å². The smallest absolute Gasteiger partial charge is 0.328 e. The first kappa shape index (κ1) is 23.5. The summed E-state index contributed by atoms with van der Waals surface area (Å²) in [5.41, 5.74) is 0. The summed E-state index contributed by atoms with van der Waals surface area (Å²) >= 11 is 5.62. The van der Waals surface area contributed by atoms with Gasteiger partial charge in [-0.25, -0.2) is 4.98 Å². The minimum absolute atomic E-state index is 0.0221. The molecule has 0 aliphatic rings. The quantitative estimate of drug-likeness (QED) is 0.182. The molecule has 27 heavy (non-hydrogen) atoms. The van der Waals surface area contributed by atoms with Crippen LogP contribution in [0, 0.1) is 0 Å². The zero-order valence-electron chi connectivity index (χ0n) is 16.7. The fourth-order valence-corrected chi connectivity index (χ4v) is 2.92. The van der Waals surface area contributed by atoms with Crippen molar-refractivity contribution >= 4 is 17.6 Å². The summed E-state index contributed by atoms with van der Waals surface area (Å²) in [5.74, 6) is -0.324. The molecule has 1 rings (SSSR count). The zero-order valence-corrected chi connectivity index (χ0v) is 17.4. The van der Waals surface area contributed by atoms with Crippen molar-refractivity contribution in [1.29, 1.82) is 0 Å². The second-order valence-corrected chi connectivity index (χ2v) is 7.18. The molecule has 0 bridgehead atoms. The van der Waals surface area contributed by atoms with E-state index >= 15 is 0 Å². The third-order valence-electron chi connectivity index (χ3n) is 4.37. The SMILES string of the molecule is CCCCCCCC/C=C\CCCCCCCC(=O)Oc1ncnc(Cl)n1. The van der Waals surface area contributed by atoms with E-state index in [2.05, 4.69) is 34.0 Å². The third-order valence-corrected chi connectivity index (χ3v) is 4.55. The molecule has 152 valence electrons. The van der Waals surface area contributed by atoms with Crippen molar-refractivity contribution in [2.45, 2.75) is 96.8 Å². The van der Waals surface area contributed by atoms with Crippen LogP contribution in [0.2, 0.25) is 5.28 Å². The molecule has 0 unspecified atom stereocenters. The van der Waals surface area contributed by atoms with E-state index < -0.39 is 0 Å². The van der Waals surface area contributed by atoms with Gasteiger partial charge in [0, 0.05) is 6.42 Å². The van der Waals surface area contributed by atoms with E-state index in [1.807, 2.05) is 0 Å². The van der Waals surface area contributed by atoms with Gasteiger partial charge in [-0.05, 0) is 43.7 Å². The van der Waals surface area contributed by atoms with Gasteiger partial charge in [0.05, 0.1) is 0 Å². The Morgan fingerprint density at radius 2 is 1.52 bits per heavy atom. The second kappa shape index (κ2) is 16.7. The van der Waals surface area contributed by atoms with E-state index in [0.717, 1.165) is 25.7 Å². The molecule has 1 aromatic rings. The highest BCUT2D eigenvalue weighted by molar-refractivity contribution is 6.28. The van der Waals surface area contributed by atoms with Crippen LogP contribution in [0.4, 0.5) is 0 Å². The van der Waals surface area contributed by atoms with Crippen LogP contribution in [0.25, 0.3) is 0 Å². The van der Waals surface area contributed by atoms with Crippen molar-refractivity contribution in [2.24, 2.45) is 0 Å². The predicted molar refractivity (Wildman–Crippen MR) is 110 cm³/mol. The van der Waals surface area contributed by atoms with E-state index in [0.29, 0.717) is 6.42 Å². The summed E-state index contributed by atoms with van der Waals surface area (Å²) in [5, 5.41) is 0.0221. The Balaban J connectivity index is 1.87. The summed E-state index contributed by atoms with van der Waals surface area (Å²) in [6.07, 6.45) is 22.3. The number of allylic oxidation sites excluding steroid dienone is 2. The maximum absolute atomic E-state index is 11.7. The van der Waals surface area contributed by atoms with Gasteiger partial charge in [-0.1, -0.05) is 70.4 Å². The normalized spacial score (nSPS) is 11.2. The van der Waals surface area contributed by atoms with Gasteiger partial charge in [-0.3, -0.25) is 4.79 Å². The Kier molecular flexibility index (Phi) is 14.5. The van der Waals surface area contributed by atoms with Crippen molar-refractivity contribution in [3.63, 3.8) is 0 Å². The molecule has 0 N–H and O–H groups in total. The van der Waals surface area contributed by atoms with Crippen molar-refractivity contribution < 1.29 is 9.53 Å². The lowest BCUT2D eigenvalue weighted by atomic mass is 10.1. The molecule has 0 saturated carbocycles. The molecule has 0 fully saturated rings. The zero-order chi connectivity index (χ0) is 19.6. The first-order chi connectivity index (χ1) is 13.2. The maximum Gasteiger partial charge on any atom is 0.328 e. The number of carbonyl (C=O) groups is 1. The first-order valence-corrected chi connectivity index (χ1v) is 10.8. The Morgan fingerprint density at radius 1 is 0.926 bits per heavy atom. The highest BCUT2D eigenvalue weighted by Crippen LogP contribution is 2.11. The van der Waals surface area contributed by atoms with Crippen LogP contribution in [-0.2, 0) is 4.79 Å². The van der Waals surface area contributed by atoms with Crippen LogP contribution in [-0.4, -0.2) is 20.9 Å². The molecule has 1 heterocycles. The molecule has 6 heteroatoms. The number of unbranched alkanes of at least 4 members (excludes halogenated alkanes) is 11. The number of rotatable bonds is 16. The van der Waals surface area contributed by atoms with Crippen LogP contribution >= 0.6 is 11.6 Å². The molecule has 5 nitrogen and oxygen atoms in total. The third kappa shape index (κ3) is 14.3. The van der Waals surface area contributed by atoms with Gasteiger partial charge < -0.3 is 4.74 Å². The largest absolute Gasteiger partial charge is 0.391 e. The van der Waals surface area contributed by atoms with E-state index in [1.165, 1.54) is 64.1 Å². The fourth-order valence-electron chi connectivity index (χ4n) is 2.80. The van der Waals surface area contributed by atoms with Gasteiger partial charge in [0.15, 0.2) is 0 Å². The first-order valence-electron chi connectivity index (χ1n) is 10.4. The average Bonchev–Trinajstić information content (AvgIpc) is 2.65. The maximum atomic E-state index is 11.7. The molecular formula is C21H34ClN3O2. The monoisotopic (exact) mass is 395 g/mol. The lowest BCUT2D eigenvalue weighted by Crippen LogP contribution is -2.10. The van der Waals surface area contributed by atoms with Gasteiger partial charge >= 0.3 is 12.0 Å². The molecule has 0 atom stereocenters. The van der Waals surface area contributed by atoms with Crippen LogP contribution in [0.5, 0.6) is 6.01 Å². The molecule has 0 saturated heterocycles. The van der Waals surface area contributed by atoms with E-state index in [9.17, 15) is 4.79 Å². The van der Waals surface area contributed by atoms with E-state index in [-0.39, 0.29) is 17.3 Å². The van der Waals surface area contributed by atoms with Gasteiger partial charge in [-0.2, -0.15) is 9.97 Å². The number of carbonyl (C=O) groups excluding carboxylic acids is 1. The van der Waals surface area contributed by atoms with Crippen LogP contribution < -0.4 is 4.74 Å². The van der Waals surface area contributed by atoms with Gasteiger partial charge in [0.2, 0.25) is 5.28 Å².